The van der Waals surface area contributed by atoms with Crippen LogP contribution in [0.4, 0.5) is 0 Å². The second kappa shape index (κ2) is 5.40. The third-order valence-corrected chi connectivity index (χ3v) is 4.40. The SMILES string of the molecule is CSc1ncc(C(=O)N2CCn3cccc3[C@@H]2C)c(=O)[nH]1. The van der Waals surface area contributed by atoms with Gasteiger partial charge in [-0.25, -0.2) is 4.98 Å². The van der Waals surface area contributed by atoms with Gasteiger partial charge >= 0.3 is 0 Å². The van der Waals surface area contributed by atoms with Crippen LogP contribution < -0.4 is 5.56 Å². The van der Waals surface area contributed by atoms with Crippen LogP contribution in [0, 0.1) is 0 Å². The highest BCUT2D eigenvalue weighted by Crippen LogP contribution is 2.26. The van der Waals surface area contributed by atoms with E-state index in [-0.39, 0.29) is 23.1 Å². The van der Waals surface area contributed by atoms with Crippen LogP contribution in [0.1, 0.15) is 29.0 Å². The Morgan fingerprint density at radius 2 is 2.29 bits per heavy atom. The van der Waals surface area contributed by atoms with E-state index in [1.807, 2.05) is 31.5 Å². The quantitative estimate of drug-likeness (QED) is 0.674. The van der Waals surface area contributed by atoms with Crippen LogP contribution in [-0.2, 0) is 6.54 Å². The molecule has 1 aliphatic heterocycles. The highest BCUT2D eigenvalue weighted by atomic mass is 32.2. The van der Waals surface area contributed by atoms with E-state index in [0.29, 0.717) is 11.7 Å². The molecule has 21 heavy (non-hydrogen) atoms. The second-order valence-corrected chi connectivity index (χ2v) is 5.73. The number of hydrogen-bond donors (Lipinski definition) is 1. The zero-order valence-corrected chi connectivity index (χ0v) is 12.7. The number of H-pyrrole nitrogens is 1. The molecule has 1 atom stereocenters. The van der Waals surface area contributed by atoms with Crippen molar-refractivity contribution in [3.8, 4) is 0 Å². The van der Waals surface area contributed by atoms with E-state index in [1.165, 1.54) is 18.0 Å². The van der Waals surface area contributed by atoms with Crippen LogP contribution in [0.25, 0.3) is 0 Å². The Labute approximate surface area is 126 Å². The maximum Gasteiger partial charge on any atom is 0.264 e. The maximum atomic E-state index is 12.6. The van der Waals surface area contributed by atoms with E-state index in [9.17, 15) is 9.59 Å². The van der Waals surface area contributed by atoms with Crippen molar-refractivity contribution in [3.05, 3.63) is 46.1 Å². The van der Waals surface area contributed by atoms with E-state index >= 15 is 0 Å². The molecule has 1 N–H and O–H groups in total. The molecule has 1 aliphatic rings. The summed E-state index contributed by atoms with van der Waals surface area (Å²) in [5, 5.41) is 0.511. The number of amides is 1. The van der Waals surface area contributed by atoms with Crippen LogP contribution in [0.5, 0.6) is 0 Å². The lowest BCUT2D eigenvalue weighted by Crippen LogP contribution is -2.42. The first-order chi connectivity index (χ1) is 10.1. The topological polar surface area (TPSA) is 71.0 Å². The Hall–Kier alpha value is -2.02. The smallest absolute Gasteiger partial charge is 0.264 e. The lowest BCUT2D eigenvalue weighted by Gasteiger charge is -2.34. The molecular formula is C14H16N4O2S. The van der Waals surface area contributed by atoms with Crippen LogP contribution in [-0.4, -0.2) is 38.1 Å². The molecule has 3 heterocycles. The molecule has 3 rings (SSSR count). The number of nitrogens with one attached hydrogen (secondary N) is 1. The summed E-state index contributed by atoms with van der Waals surface area (Å²) in [4.78, 5) is 33.1. The van der Waals surface area contributed by atoms with Crippen molar-refractivity contribution < 1.29 is 4.79 Å². The minimum Gasteiger partial charge on any atom is -0.348 e. The van der Waals surface area contributed by atoms with E-state index in [4.69, 9.17) is 0 Å². The Morgan fingerprint density at radius 1 is 1.48 bits per heavy atom. The molecule has 0 fully saturated rings. The van der Waals surface area contributed by atoms with Gasteiger partial charge in [0, 0.05) is 31.2 Å². The lowest BCUT2D eigenvalue weighted by atomic mass is 10.1. The molecule has 110 valence electrons. The first kappa shape index (κ1) is 13.9. The van der Waals surface area contributed by atoms with Gasteiger partial charge in [0.2, 0.25) is 0 Å². The number of carbonyl (C=O) groups is 1. The fourth-order valence-electron chi connectivity index (χ4n) is 2.65. The molecular weight excluding hydrogens is 288 g/mol. The third kappa shape index (κ3) is 2.37. The molecule has 0 aromatic carbocycles. The van der Waals surface area contributed by atoms with Gasteiger partial charge in [0.15, 0.2) is 5.16 Å². The van der Waals surface area contributed by atoms with Crippen LogP contribution >= 0.6 is 11.8 Å². The molecule has 2 aromatic heterocycles. The van der Waals surface area contributed by atoms with Crippen molar-refractivity contribution in [2.24, 2.45) is 0 Å². The number of nitrogens with zero attached hydrogens (tertiary/aromatic N) is 3. The number of fused-ring (bicyclic) bond motifs is 1. The summed E-state index contributed by atoms with van der Waals surface area (Å²) in [6, 6.07) is 3.92. The van der Waals surface area contributed by atoms with Crippen molar-refractivity contribution >= 4 is 17.7 Å². The largest absolute Gasteiger partial charge is 0.348 e. The summed E-state index contributed by atoms with van der Waals surface area (Å²) in [6.45, 7) is 3.30. The fourth-order valence-corrected chi connectivity index (χ4v) is 3.00. The van der Waals surface area contributed by atoms with Gasteiger partial charge in [-0.3, -0.25) is 9.59 Å². The summed E-state index contributed by atoms with van der Waals surface area (Å²) >= 11 is 1.34. The molecule has 0 spiro atoms. The molecule has 0 bridgehead atoms. The van der Waals surface area contributed by atoms with Crippen molar-refractivity contribution in [2.75, 3.05) is 12.8 Å². The highest BCUT2D eigenvalue weighted by molar-refractivity contribution is 7.98. The number of thioether (sulfide) groups is 1. The minimum atomic E-state index is -0.382. The fraction of sp³-hybridized carbons (Fsp3) is 0.357. The molecule has 0 radical (unpaired) electrons. The van der Waals surface area contributed by atoms with Crippen LogP contribution in [0.15, 0.2) is 34.5 Å². The number of aromatic nitrogens is 3. The first-order valence-electron chi connectivity index (χ1n) is 6.71. The van der Waals surface area contributed by atoms with Gasteiger partial charge in [0.1, 0.15) is 5.56 Å². The zero-order chi connectivity index (χ0) is 15.0. The van der Waals surface area contributed by atoms with E-state index in [1.54, 1.807) is 4.90 Å². The minimum absolute atomic E-state index is 0.0547. The Balaban J connectivity index is 1.91. The maximum absolute atomic E-state index is 12.6. The van der Waals surface area contributed by atoms with Crippen molar-refractivity contribution in [1.29, 1.82) is 0 Å². The summed E-state index contributed by atoms with van der Waals surface area (Å²) in [5.74, 6) is -0.267. The third-order valence-electron chi connectivity index (χ3n) is 3.80. The average Bonchev–Trinajstić information content (AvgIpc) is 2.96. The highest BCUT2D eigenvalue weighted by Gasteiger charge is 2.29. The van der Waals surface area contributed by atoms with Gasteiger partial charge in [-0.1, -0.05) is 11.8 Å². The standard InChI is InChI=1S/C14H16N4O2S/c1-9-11-4-3-5-17(11)6-7-18(9)13(20)10-8-15-14(21-2)16-12(10)19/h3-5,8-9H,6-7H2,1-2H3,(H,15,16,19)/t9-/m0/s1. The monoisotopic (exact) mass is 304 g/mol. The molecule has 6 nitrogen and oxygen atoms in total. The van der Waals surface area contributed by atoms with Crippen LogP contribution in [0.3, 0.4) is 0 Å². The van der Waals surface area contributed by atoms with E-state index in [0.717, 1.165) is 12.2 Å². The predicted octanol–water partition coefficient (Wildman–Crippen LogP) is 1.51. The van der Waals surface area contributed by atoms with Gasteiger partial charge in [-0.15, -0.1) is 0 Å². The second-order valence-electron chi connectivity index (χ2n) is 4.94. The summed E-state index contributed by atoms with van der Waals surface area (Å²) in [7, 11) is 0. The average molecular weight is 304 g/mol. The van der Waals surface area contributed by atoms with E-state index < -0.39 is 0 Å². The summed E-state index contributed by atoms with van der Waals surface area (Å²) in [6.07, 6.45) is 5.20. The Kier molecular flexibility index (Phi) is 3.59. The van der Waals surface area contributed by atoms with Gasteiger partial charge in [-0.05, 0) is 25.3 Å². The Bertz CT molecular complexity index is 737. The molecule has 0 saturated carbocycles. The first-order valence-corrected chi connectivity index (χ1v) is 7.93. The van der Waals surface area contributed by atoms with E-state index in [2.05, 4.69) is 14.5 Å². The zero-order valence-electron chi connectivity index (χ0n) is 11.9. The molecule has 0 aliphatic carbocycles. The van der Waals surface area contributed by atoms with Crippen molar-refractivity contribution in [1.82, 2.24) is 19.4 Å². The van der Waals surface area contributed by atoms with Gasteiger partial charge in [-0.2, -0.15) is 0 Å². The number of hydrogen-bond acceptors (Lipinski definition) is 4. The number of aromatic amines is 1. The van der Waals surface area contributed by atoms with Crippen molar-refractivity contribution in [2.45, 2.75) is 24.7 Å². The molecule has 1 amide bonds. The normalized spacial score (nSPS) is 17.6. The van der Waals surface area contributed by atoms with Gasteiger partial charge in [0.25, 0.3) is 11.5 Å². The molecule has 7 heteroatoms. The molecule has 0 unspecified atom stereocenters. The molecule has 0 saturated heterocycles. The molecule has 2 aromatic rings. The van der Waals surface area contributed by atoms with Gasteiger partial charge in [0.05, 0.1) is 6.04 Å². The summed E-state index contributed by atoms with van der Waals surface area (Å²) in [5.41, 5.74) is 0.798. The lowest BCUT2D eigenvalue weighted by molar-refractivity contribution is 0.0641. The van der Waals surface area contributed by atoms with Crippen LogP contribution in [0.2, 0.25) is 0 Å². The van der Waals surface area contributed by atoms with Gasteiger partial charge < -0.3 is 14.5 Å². The summed E-state index contributed by atoms with van der Waals surface area (Å²) < 4.78 is 2.13. The number of carbonyl (C=O) groups excluding carboxylic acids is 1. The number of rotatable bonds is 2. The predicted molar refractivity (Wildman–Crippen MR) is 80.5 cm³/mol. The Morgan fingerprint density at radius 3 is 3.00 bits per heavy atom. The van der Waals surface area contributed by atoms with Crippen molar-refractivity contribution in [3.63, 3.8) is 0 Å².